The van der Waals surface area contributed by atoms with Gasteiger partial charge in [0.25, 0.3) is 11.8 Å². The van der Waals surface area contributed by atoms with E-state index in [1.165, 1.54) is 6.08 Å². The van der Waals surface area contributed by atoms with Gasteiger partial charge in [0.05, 0.1) is 12.8 Å². The van der Waals surface area contributed by atoms with Gasteiger partial charge in [0.2, 0.25) is 0 Å². The lowest BCUT2D eigenvalue weighted by Crippen LogP contribution is -2.54. The molecule has 4 rings (SSSR count). The molecule has 4 amide bonds. The molecule has 8 heteroatoms. The van der Waals surface area contributed by atoms with E-state index in [-0.39, 0.29) is 5.57 Å². The Morgan fingerprint density at radius 1 is 0.875 bits per heavy atom. The fraction of sp³-hybridized carbons (Fsp3) is 0.0417. The molecule has 0 bridgehead atoms. The van der Waals surface area contributed by atoms with E-state index in [9.17, 15) is 14.4 Å². The van der Waals surface area contributed by atoms with Gasteiger partial charge in [-0.3, -0.25) is 14.9 Å². The van der Waals surface area contributed by atoms with Crippen LogP contribution in [0.3, 0.4) is 0 Å². The standard InChI is InChI=1S/C24H16I2N2O4/c25-19-12-16(13-20(26)21(19)32-14-15-7-3-1-4-8-15)11-18-22(29)27-24(31)28(23(18)30)17-9-5-2-6-10-17/h1-13H,14H2,(H,27,29,31)/b18-11+. The Balaban J connectivity index is 1.61. The van der Waals surface area contributed by atoms with Crippen LogP contribution in [0.15, 0.2) is 78.4 Å². The molecule has 1 fully saturated rings. The Bertz CT molecular complexity index is 1200. The molecule has 1 heterocycles. The number of carbonyl (C=O) groups excluding carboxylic acids is 3. The topological polar surface area (TPSA) is 75.7 Å². The van der Waals surface area contributed by atoms with Crippen LogP contribution in [-0.2, 0) is 16.2 Å². The molecular weight excluding hydrogens is 634 g/mol. The van der Waals surface area contributed by atoms with Crippen LogP contribution in [0.25, 0.3) is 6.08 Å². The van der Waals surface area contributed by atoms with Crippen LogP contribution < -0.4 is 15.0 Å². The maximum absolute atomic E-state index is 13.0. The summed E-state index contributed by atoms with van der Waals surface area (Å²) < 4.78 is 7.68. The highest BCUT2D eigenvalue weighted by Gasteiger charge is 2.36. The zero-order valence-electron chi connectivity index (χ0n) is 16.5. The SMILES string of the molecule is O=C1NC(=O)N(c2ccccc2)C(=O)/C1=C/c1cc(I)c(OCc2ccccc2)c(I)c1. The number of hydrogen-bond donors (Lipinski definition) is 1. The second-order valence-electron chi connectivity index (χ2n) is 6.88. The number of urea groups is 1. The molecule has 0 unspecified atom stereocenters. The van der Waals surface area contributed by atoms with Crippen molar-refractivity contribution in [2.45, 2.75) is 6.61 Å². The summed E-state index contributed by atoms with van der Waals surface area (Å²) in [6.45, 7) is 0.433. The molecule has 160 valence electrons. The lowest BCUT2D eigenvalue weighted by molar-refractivity contribution is -0.122. The van der Waals surface area contributed by atoms with Crippen molar-refractivity contribution in [1.82, 2.24) is 5.32 Å². The van der Waals surface area contributed by atoms with Crippen molar-refractivity contribution in [2.75, 3.05) is 4.90 Å². The second kappa shape index (κ2) is 9.82. The van der Waals surface area contributed by atoms with Crippen LogP contribution >= 0.6 is 45.2 Å². The number of imide groups is 2. The van der Waals surface area contributed by atoms with E-state index in [0.717, 1.165) is 23.4 Å². The average molecular weight is 650 g/mol. The highest BCUT2D eigenvalue weighted by Crippen LogP contribution is 2.31. The highest BCUT2D eigenvalue weighted by atomic mass is 127. The summed E-state index contributed by atoms with van der Waals surface area (Å²) >= 11 is 4.33. The molecule has 6 nitrogen and oxygen atoms in total. The lowest BCUT2D eigenvalue weighted by atomic mass is 10.1. The van der Waals surface area contributed by atoms with Gasteiger partial charge in [-0.15, -0.1) is 0 Å². The maximum Gasteiger partial charge on any atom is 0.335 e. The fourth-order valence-corrected chi connectivity index (χ4v) is 5.29. The number of carbonyl (C=O) groups is 3. The van der Waals surface area contributed by atoms with Gasteiger partial charge < -0.3 is 4.74 Å². The Morgan fingerprint density at radius 3 is 2.09 bits per heavy atom. The zero-order chi connectivity index (χ0) is 22.7. The van der Waals surface area contributed by atoms with Crippen molar-refractivity contribution in [3.8, 4) is 5.75 Å². The molecule has 32 heavy (non-hydrogen) atoms. The number of barbiturate groups is 1. The summed E-state index contributed by atoms with van der Waals surface area (Å²) in [5, 5.41) is 2.24. The molecule has 0 spiro atoms. The number of anilines is 1. The van der Waals surface area contributed by atoms with Gasteiger partial charge in [-0.2, -0.15) is 0 Å². The zero-order valence-corrected chi connectivity index (χ0v) is 20.9. The molecule has 1 N–H and O–H groups in total. The predicted molar refractivity (Wildman–Crippen MR) is 138 cm³/mol. The number of benzene rings is 3. The van der Waals surface area contributed by atoms with Crippen molar-refractivity contribution in [3.63, 3.8) is 0 Å². The van der Waals surface area contributed by atoms with E-state index < -0.39 is 17.8 Å². The normalized spacial score (nSPS) is 15.1. The summed E-state index contributed by atoms with van der Waals surface area (Å²) in [7, 11) is 0. The minimum absolute atomic E-state index is 0.113. The van der Waals surface area contributed by atoms with Gasteiger partial charge in [-0.25, -0.2) is 9.69 Å². The summed E-state index contributed by atoms with van der Waals surface area (Å²) in [6, 6.07) is 21.2. The van der Waals surface area contributed by atoms with Crippen LogP contribution in [0.5, 0.6) is 5.75 Å². The number of halogens is 2. The third-order valence-electron chi connectivity index (χ3n) is 4.67. The quantitative estimate of drug-likeness (QED) is 0.236. The van der Waals surface area contributed by atoms with Gasteiger partial charge >= 0.3 is 6.03 Å². The smallest absolute Gasteiger partial charge is 0.335 e. The third-order valence-corrected chi connectivity index (χ3v) is 6.28. The minimum atomic E-state index is -0.767. The molecule has 0 saturated carbocycles. The molecule has 0 atom stereocenters. The summed E-state index contributed by atoms with van der Waals surface area (Å²) in [6.07, 6.45) is 1.49. The van der Waals surface area contributed by atoms with E-state index in [4.69, 9.17) is 4.74 Å². The minimum Gasteiger partial charge on any atom is -0.487 e. The van der Waals surface area contributed by atoms with Crippen molar-refractivity contribution in [2.24, 2.45) is 0 Å². The largest absolute Gasteiger partial charge is 0.487 e. The number of hydrogen-bond acceptors (Lipinski definition) is 4. The van der Waals surface area contributed by atoms with Crippen LogP contribution in [0.4, 0.5) is 10.5 Å². The van der Waals surface area contributed by atoms with Gasteiger partial charge in [0.15, 0.2) is 0 Å². The molecule has 0 aromatic heterocycles. The van der Waals surface area contributed by atoms with E-state index in [1.807, 2.05) is 42.5 Å². The number of nitrogens with zero attached hydrogens (tertiary/aromatic N) is 1. The van der Waals surface area contributed by atoms with E-state index in [1.54, 1.807) is 30.3 Å². The van der Waals surface area contributed by atoms with Crippen molar-refractivity contribution in [3.05, 3.63) is 96.6 Å². The molecule has 3 aromatic carbocycles. The van der Waals surface area contributed by atoms with Crippen LogP contribution in [-0.4, -0.2) is 17.8 Å². The first-order chi connectivity index (χ1) is 15.4. The van der Waals surface area contributed by atoms with Crippen molar-refractivity contribution < 1.29 is 19.1 Å². The first kappa shape index (κ1) is 22.5. The molecule has 1 aliphatic heterocycles. The molecular formula is C24H16I2N2O4. The van der Waals surface area contributed by atoms with Crippen molar-refractivity contribution in [1.29, 1.82) is 0 Å². The monoisotopic (exact) mass is 650 g/mol. The lowest BCUT2D eigenvalue weighted by Gasteiger charge is -2.26. The first-order valence-corrected chi connectivity index (χ1v) is 11.7. The van der Waals surface area contributed by atoms with Crippen molar-refractivity contribution >= 4 is 74.8 Å². The van der Waals surface area contributed by atoms with Gasteiger partial charge in [-0.05, 0) is 86.7 Å². The Kier molecular flexibility index (Phi) is 6.89. The first-order valence-electron chi connectivity index (χ1n) is 9.56. The van der Waals surface area contributed by atoms with Crippen LogP contribution in [0, 0.1) is 7.14 Å². The Morgan fingerprint density at radius 2 is 1.47 bits per heavy atom. The number of amides is 4. The average Bonchev–Trinajstić information content (AvgIpc) is 2.77. The van der Waals surface area contributed by atoms with E-state index in [0.29, 0.717) is 17.9 Å². The van der Waals surface area contributed by atoms with Gasteiger partial charge in [-0.1, -0.05) is 48.5 Å². The maximum atomic E-state index is 13.0. The second-order valence-corrected chi connectivity index (χ2v) is 9.21. The van der Waals surface area contributed by atoms with Crippen LogP contribution in [0.2, 0.25) is 0 Å². The molecule has 1 aliphatic rings. The predicted octanol–water partition coefficient (Wildman–Crippen LogP) is 5.14. The number of nitrogens with one attached hydrogen (secondary N) is 1. The number of ether oxygens (including phenoxy) is 1. The molecule has 3 aromatic rings. The third kappa shape index (κ3) is 4.85. The summed E-state index contributed by atoms with van der Waals surface area (Å²) in [4.78, 5) is 38.7. The Hall–Kier alpha value is -2.73. The molecule has 0 radical (unpaired) electrons. The fourth-order valence-electron chi connectivity index (χ4n) is 3.17. The van der Waals surface area contributed by atoms with Gasteiger partial charge in [0.1, 0.15) is 17.9 Å². The Labute approximate surface area is 211 Å². The summed E-state index contributed by atoms with van der Waals surface area (Å²) in [5.41, 5.74) is 1.99. The molecule has 0 aliphatic carbocycles. The highest BCUT2D eigenvalue weighted by molar-refractivity contribution is 14.1. The number of rotatable bonds is 5. The number of para-hydroxylation sites is 1. The van der Waals surface area contributed by atoms with Gasteiger partial charge in [0, 0.05) is 0 Å². The van der Waals surface area contributed by atoms with Crippen LogP contribution in [0.1, 0.15) is 11.1 Å². The molecule has 1 saturated heterocycles. The van der Waals surface area contributed by atoms with E-state index in [2.05, 4.69) is 50.5 Å². The van der Waals surface area contributed by atoms with E-state index >= 15 is 0 Å². The summed E-state index contributed by atoms with van der Waals surface area (Å²) in [5.74, 6) is -0.654.